The minimum atomic E-state index is -1.65. The zero-order valence-corrected chi connectivity index (χ0v) is 18.1. The first-order chi connectivity index (χ1) is 15.8. The third-order valence-electron chi connectivity index (χ3n) is 5.95. The molecule has 5 rings (SSSR count). The Morgan fingerprint density at radius 2 is 1.61 bits per heavy atom. The van der Waals surface area contributed by atoms with Crippen LogP contribution in [0.15, 0.2) is 77.2 Å². The van der Waals surface area contributed by atoms with Crippen molar-refractivity contribution >= 4 is 51.3 Å². The molecule has 4 aromatic carbocycles. The number of carboxylic acids is 1. The van der Waals surface area contributed by atoms with Gasteiger partial charge in [-0.1, -0.05) is 36.4 Å². The van der Waals surface area contributed by atoms with Crippen LogP contribution < -0.4 is 15.4 Å². The van der Waals surface area contributed by atoms with Gasteiger partial charge in [0.15, 0.2) is 5.36 Å². The first-order valence-corrected chi connectivity index (χ1v) is 10.5. The summed E-state index contributed by atoms with van der Waals surface area (Å²) in [6.45, 7) is 0. The highest BCUT2D eigenvalue weighted by atomic mass is 16.4. The Bertz CT molecular complexity index is 1650. The van der Waals surface area contributed by atoms with Crippen molar-refractivity contribution in [3.63, 3.8) is 0 Å². The Hall–Kier alpha value is -3.94. The van der Waals surface area contributed by atoms with Gasteiger partial charge in [0, 0.05) is 33.9 Å². The van der Waals surface area contributed by atoms with Gasteiger partial charge in [-0.25, -0.2) is 9.37 Å². The number of carboxylic acid groups (broad SMARTS) is 1. The first kappa shape index (κ1) is 20.9. The van der Waals surface area contributed by atoms with Crippen molar-refractivity contribution in [1.29, 1.82) is 0 Å². The predicted molar refractivity (Wildman–Crippen MR) is 131 cm³/mol. The number of benzene rings is 4. The molecular weight excluding hydrogens is 417 g/mol. The van der Waals surface area contributed by atoms with Gasteiger partial charge in [0.2, 0.25) is 0 Å². The van der Waals surface area contributed by atoms with E-state index in [-0.39, 0.29) is 5.56 Å². The van der Waals surface area contributed by atoms with Gasteiger partial charge in [0.1, 0.15) is 25.3 Å². The topological polar surface area (TPSA) is 93.9 Å². The van der Waals surface area contributed by atoms with Gasteiger partial charge >= 0.3 is 13.1 Å². The number of fused-ring (bicyclic) bond motifs is 4. The zero-order chi connectivity index (χ0) is 23.3. The second-order valence-corrected chi connectivity index (χ2v) is 8.20. The standard InChI is InChI=1S/C26H20BNO5/c1-28(2)17-9-12-18-15(13-17)7-10-22-24(19-5-3-4-6-20(19)26(29)30)21-11-8-16(27(31)32)14-23(21)33-25(18)22/h3-14,31-32H,1-2H3/p+1. The van der Waals surface area contributed by atoms with Gasteiger partial charge in [-0.3, -0.25) is 0 Å². The van der Waals surface area contributed by atoms with Crippen molar-refractivity contribution in [2.75, 3.05) is 14.1 Å². The van der Waals surface area contributed by atoms with Gasteiger partial charge < -0.3 is 19.6 Å². The molecule has 7 heteroatoms. The third kappa shape index (κ3) is 3.48. The average molecular weight is 438 g/mol. The molecule has 0 fully saturated rings. The monoisotopic (exact) mass is 438 g/mol. The van der Waals surface area contributed by atoms with Crippen molar-refractivity contribution in [1.82, 2.24) is 4.58 Å². The van der Waals surface area contributed by atoms with E-state index < -0.39 is 13.1 Å². The fourth-order valence-electron chi connectivity index (χ4n) is 4.30. The van der Waals surface area contributed by atoms with Crippen LogP contribution in [0.3, 0.4) is 0 Å². The summed E-state index contributed by atoms with van der Waals surface area (Å²) in [6, 6.07) is 21.8. The molecule has 0 spiro atoms. The summed E-state index contributed by atoms with van der Waals surface area (Å²) < 4.78 is 8.35. The smallest absolute Gasteiger partial charge is 0.478 e. The molecule has 33 heavy (non-hydrogen) atoms. The number of aromatic carboxylic acids is 1. The highest BCUT2D eigenvalue weighted by molar-refractivity contribution is 6.58. The largest absolute Gasteiger partial charge is 0.488 e. The number of hydrogen-bond donors (Lipinski definition) is 3. The molecule has 0 saturated carbocycles. The molecule has 0 bridgehead atoms. The van der Waals surface area contributed by atoms with Crippen LogP contribution in [0.25, 0.3) is 43.8 Å². The maximum absolute atomic E-state index is 12.0. The number of hydrogen-bond acceptors (Lipinski definition) is 4. The quantitative estimate of drug-likeness (QED) is 0.174. The van der Waals surface area contributed by atoms with Gasteiger partial charge in [-0.15, -0.1) is 0 Å². The van der Waals surface area contributed by atoms with Crippen molar-refractivity contribution in [2.24, 2.45) is 0 Å². The van der Waals surface area contributed by atoms with E-state index in [1.807, 2.05) is 42.9 Å². The van der Waals surface area contributed by atoms with Crippen LogP contribution >= 0.6 is 0 Å². The second-order valence-electron chi connectivity index (χ2n) is 8.20. The predicted octanol–water partition coefficient (Wildman–Crippen LogP) is 2.82. The first-order valence-electron chi connectivity index (χ1n) is 10.5. The highest BCUT2D eigenvalue weighted by Crippen LogP contribution is 2.40. The highest BCUT2D eigenvalue weighted by Gasteiger charge is 2.21. The second kappa shape index (κ2) is 7.88. The summed E-state index contributed by atoms with van der Waals surface area (Å²) >= 11 is 0. The molecule has 0 atom stereocenters. The molecule has 0 saturated heterocycles. The Labute approximate surface area is 189 Å². The molecule has 0 aliphatic heterocycles. The number of rotatable bonds is 3. The SMILES string of the molecule is C[N+](C)=c1ccc2c(ccc3c(-c4ccccc4C(=O)O)c4ccc(B(O)O)cc4oc32)c1. The lowest BCUT2D eigenvalue weighted by molar-refractivity contribution is 0.0697. The molecule has 6 nitrogen and oxygen atoms in total. The van der Waals surface area contributed by atoms with Crippen molar-refractivity contribution in [2.45, 2.75) is 0 Å². The normalized spacial score (nSPS) is 11.3. The van der Waals surface area contributed by atoms with E-state index in [0.717, 1.165) is 27.1 Å². The minimum Gasteiger partial charge on any atom is -0.478 e. The summed E-state index contributed by atoms with van der Waals surface area (Å²) in [5, 5.41) is 33.6. The van der Waals surface area contributed by atoms with E-state index >= 15 is 0 Å². The van der Waals surface area contributed by atoms with Crippen molar-refractivity contribution in [3.05, 3.63) is 83.7 Å². The zero-order valence-electron chi connectivity index (χ0n) is 18.1. The Balaban J connectivity index is 1.99. The lowest BCUT2D eigenvalue weighted by atomic mass is 9.79. The van der Waals surface area contributed by atoms with Crippen LogP contribution in [0.4, 0.5) is 0 Å². The van der Waals surface area contributed by atoms with Crippen LogP contribution in [-0.2, 0) is 0 Å². The maximum atomic E-state index is 12.0. The lowest BCUT2D eigenvalue weighted by Gasteiger charge is -2.15. The summed E-state index contributed by atoms with van der Waals surface area (Å²) in [5.41, 5.74) is 2.80. The summed E-state index contributed by atoms with van der Waals surface area (Å²) in [6.07, 6.45) is 0. The van der Waals surface area contributed by atoms with E-state index in [9.17, 15) is 19.9 Å². The Morgan fingerprint density at radius 1 is 0.879 bits per heavy atom. The Kier molecular flexibility index (Phi) is 5.00. The molecule has 5 aromatic rings. The molecule has 0 aliphatic rings. The molecule has 3 N–H and O–H groups in total. The van der Waals surface area contributed by atoms with E-state index in [1.165, 1.54) is 0 Å². The number of carbonyl (C=O) groups is 1. The van der Waals surface area contributed by atoms with Crippen molar-refractivity contribution in [3.8, 4) is 11.1 Å². The third-order valence-corrected chi connectivity index (χ3v) is 5.95. The van der Waals surface area contributed by atoms with Crippen LogP contribution in [0.2, 0.25) is 0 Å². The fraction of sp³-hybridized carbons (Fsp3) is 0.0769. The molecule has 0 amide bonds. The summed E-state index contributed by atoms with van der Waals surface area (Å²) in [7, 11) is 2.30. The van der Waals surface area contributed by atoms with Crippen molar-refractivity contribution < 1.29 is 24.4 Å². The fourth-order valence-corrected chi connectivity index (χ4v) is 4.30. The van der Waals surface area contributed by atoms with E-state index in [2.05, 4.69) is 6.07 Å². The maximum Gasteiger partial charge on any atom is 0.488 e. The van der Waals surface area contributed by atoms with Gasteiger partial charge in [0.05, 0.1) is 5.56 Å². The van der Waals surface area contributed by atoms with Crippen LogP contribution in [-0.4, -0.2) is 42.3 Å². The molecular formula is C26H21BNO5+. The van der Waals surface area contributed by atoms with E-state index in [0.29, 0.717) is 27.6 Å². The minimum absolute atomic E-state index is 0.181. The van der Waals surface area contributed by atoms with Crippen LogP contribution in [0, 0.1) is 0 Å². The Morgan fingerprint density at radius 3 is 2.33 bits per heavy atom. The van der Waals surface area contributed by atoms with Gasteiger partial charge in [-0.2, -0.15) is 0 Å². The molecule has 0 unspecified atom stereocenters. The average Bonchev–Trinajstić information content (AvgIpc) is 2.81. The summed E-state index contributed by atoms with van der Waals surface area (Å²) in [4.78, 5) is 12.0. The van der Waals surface area contributed by atoms with Gasteiger partial charge in [-0.05, 0) is 40.7 Å². The molecule has 162 valence electrons. The molecule has 1 aromatic heterocycles. The van der Waals surface area contributed by atoms with Crippen LogP contribution in [0.5, 0.6) is 0 Å². The molecule has 0 radical (unpaired) electrons. The number of nitrogens with zero attached hydrogens (tertiary/aromatic N) is 1. The van der Waals surface area contributed by atoms with Crippen LogP contribution in [0.1, 0.15) is 10.4 Å². The lowest BCUT2D eigenvalue weighted by Crippen LogP contribution is -2.29. The summed E-state index contributed by atoms with van der Waals surface area (Å²) in [5.74, 6) is -1.02. The molecule has 1 heterocycles. The van der Waals surface area contributed by atoms with E-state index in [4.69, 9.17) is 4.42 Å². The van der Waals surface area contributed by atoms with E-state index in [1.54, 1.807) is 42.5 Å². The van der Waals surface area contributed by atoms with Gasteiger partial charge in [0.25, 0.3) is 0 Å². The molecule has 0 aliphatic carbocycles.